The summed E-state index contributed by atoms with van der Waals surface area (Å²) in [6.45, 7) is 3.39. The Labute approximate surface area is 47.9 Å². The van der Waals surface area contributed by atoms with Crippen molar-refractivity contribution in [3.8, 4) is 0 Å². The Bertz CT molecular complexity index is 82.1. The van der Waals surface area contributed by atoms with Crippen molar-refractivity contribution in [2.45, 2.75) is 17.9 Å². The highest BCUT2D eigenvalue weighted by Gasteiger charge is 2.36. The lowest BCUT2D eigenvalue weighted by Crippen LogP contribution is -1.85. The second-order valence-corrected chi connectivity index (χ2v) is 2.15. The maximum absolute atomic E-state index is 5.56. The predicted octanol–water partition coefficient (Wildman–Crippen LogP) is 1.53. The summed E-state index contributed by atoms with van der Waals surface area (Å²) in [7, 11) is 0. The smallest absolute Gasteiger partial charge is 0.116 e. The first-order valence-electron chi connectivity index (χ1n) is 2.25. The quantitative estimate of drug-likeness (QED) is 0.395. The van der Waals surface area contributed by atoms with Crippen LogP contribution in [-0.2, 0) is 4.74 Å². The summed E-state index contributed by atoms with van der Waals surface area (Å²) in [6.07, 6.45) is 2.68. The number of ether oxygens (including phenoxy) is 1. The van der Waals surface area contributed by atoms with E-state index < -0.39 is 0 Å². The minimum atomic E-state index is 0.248. The molecule has 0 amide bonds. The van der Waals surface area contributed by atoms with Crippen LogP contribution in [0.3, 0.4) is 0 Å². The molecule has 2 heteroatoms. The van der Waals surface area contributed by atoms with Gasteiger partial charge in [-0.1, -0.05) is 6.58 Å². The SMILES string of the molecule is C=CO[C@H]1C[C@H]1Cl. The molecule has 0 aromatic heterocycles. The molecule has 0 N–H and O–H groups in total. The molecular formula is C5H7ClO. The first-order valence-corrected chi connectivity index (χ1v) is 2.68. The zero-order chi connectivity index (χ0) is 5.28. The van der Waals surface area contributed by atoms with Crippen LogP contribution >= 0.6 is 11.6 Å². The van der Waals surface area contributed by atoms with Crippen molar-refractivity contribution in [3.05, 3.63) is 12.8 Å². The van der Waals surface area contributed by atoms with E-state index >= 15 is 0 Å². The molecule has 1 saturated carbocycles. The topological polar surface area (TPSA) is 9.23 Å². The third-order valence-electron chi connectivity index (χ3n) is 0.929. The third-order valence-corrected chi connectivity index (χ3v) is 1.39. The van der Waals surface area contributed by atoms with Gasteiger partial charge in [0.1, 0.15) is 6.10 Å². The third kappa shape index (κ3) is 1.10. The maximum atomic E-state index is 5.56. The molecule has 0 bridgehead atoms. The maximum Gasteiger partial charge on any atom is 0.116 e. The summed E-state index contributed by atoms with van der Waals surface area (Å²) in [5.74, 6) is 0. The van der Waals surface area contributed by atoms with Crippen molar-refractivity contribution in [2.75, 3.05) is 0 Å². The second kappa shape index (κ2) is 1.74. The highest BCUT2D eigenvalue weighted by Crippen LogP contribution is 2.30. The van der Waals surface area contributed by atoms with Crippen molar-refractivity contribution in [1.29, 1.82) is 0 Å². The van der Waals surface area contributed by atoms with E-state index in [2.05, 4.69) is 6.58 Å². The molecule has 0 spiro atoms. The summed E-state index contributed by atoms with van der Waals surface area (Å²) in [4.78, 5) is 0. The van der Waals surface area contributed by atoms with E-state index in [1.165, 1.54) is 6.26 Å². The van der Waals surface area contributed by atoms with E-state index in [4.69, 9.17) is 16.3 Å². The summed E-state index contributed by atoms with van der Waals surface area (Å²) >= 11 is 5.56. The Morgan fingerprint density at radius 3 is 2.57 bits per heavy atom. The lowest BCUT2D eigenvalue weighted by molar-refractivity contribution is 0.236. The van der Waals surface area contributed by atoms with Gasteiger partial charge in [-0.15, -0.1) is 11.6 Å². The van der Waals surface area contributed by atoms with Crippen molar-refractivity contribution in [2.24, 2.45) is 0 Å². The summed E-state index contributed by atoms with van der Waals surface area (Å²) in [5.41, 5.74) is 0. The molecule has 1 fully saturated rings. The molecule has 1 aliphatic carbocycles. The van der Waals surface area contributed by atoms with Gasteiger partial charge in [-0.25, -0.2) is 0 Å². The van der Waals surface area contributed by atoms with Gasteiger partial charge in [0.25, 0.3) is 0 Å². The van der Waals surface area contributed by atoms with Gasteiger partial charge in [0, 0.05) is 6.42 Å². The highest BCUT2D eigenvalue weighted by molar-refractivity contribution is 6.23. The summed E-state index contributed by atoms with van der Waals surface area (Å²) in [6, 6.07) is 0. The molecule has 0 radical (unpaired) electrons. The minimum absolute atomic E-state index is 0.248. The van der Waals surface area contributed by atoms with Crippen LogP contribution in [0.5, 0.6) is 0 Å². The Morgan fingerprint density at radius 2 is 2.43 bits per heavy atom. The van der Waals surface area contributed by atoms with E-state index in [-0.39, 0.29) is 11.5 Å². The number of alkyl halides is 1. The van der Waals surface area contributed by atoms with Crippen molar-refractivity contribution < 1.29 is 4.74 Å². The molecular weight excluding hydrogens is 112 g/mol. The Morgan fingerprint density at radius 1 is 1.86 bits per heavy atom. The van der Waals surface area contributed by atoms with Gasteiger partial charge in [-0.05, 0) is 0 Å². The number of hydrogen-bond donors (Lipinski definition) is 0. The van der Waals surface area contributed by atoms with Crippen LogP contribution in [0.2, 0.25) is 0 Å². The average Bonchev–Trinajstić information content (AvgIpc) is 2.22. The fourth-order valence-electron chi connectivity index (χ4n) is 0.408. The van der Waals surface area contributed by atoms with E-state index in [0.717, 1.165) is 6.42 Å². The average molecular weight is 119 g/mol. The fourth-order valence-corrected chi connectivity index (χ4v) is 0.643. The molecule has 0 unspecified atom stereocenters. The molecule has 2 atom stereocenters. The lowest BCUT2D eigenvalue weighted by Gasteiger charge is -1.90. The van der Waals surface area contributed by atoms with Crippen LogP contribution in [0, 0.1) is 0 Å². The molecule has 0 heterocycles. The second-order valence-electron chi connectivity index (χ2n) is 1.59. The van der Waals surface area contributed by atoms with Gasteiger partial charge in [0.15, 0.2) is 0 Å². The Balaban J connectivity index is 2.08. The predicted molar refractivity (Wildman–Crippen MR) is 29.3 cm³/mol. The lowest BCUT2D eigenvalue weighted by atomic mass is 10.8. The van der Waals surface area contributed by atoms with Gasteiger partial charge in [0.2, 0.25) is 0 Å². The Kier molecular flexibility index (Phi) is 1.24. The standard InChI is InChI=1S/C5H7ClO/c1-2-7-5-3-4(5)6/h2,4-5H,1,3H2/t4-,5+/m1/s1. The van der Waals surface area contributed by atoms with Crippen LogP contribution in [0.15, 0.2) is 12.8 Å². The molecule has 0 saturated heterocycles. The largest absolute Gasteiger partial charge is 0.497 e. The van der Waals surface area contributed by atoms with Gasteiger partial charge in [-0.3, -0.25) is 0 Å². The first-order chi connectivity index (χ1) is 3.34. The van der Waals surface area contributed by atoms with E-state index in [0.29, 0.717) is 0 Å². The zero-order valence-corrected chi connectivity index (χ0v) is 4.69. The van der Waals surface area contributed by atoms with Crippen LogP contribution in [0.4, 0.5) is 0 Å². The first kappa shape index (κ1) is 4.98. The molecule has 1 rings (SSSR count). The minimum Gasteiger partial charge on any atom is -0.497 e. The van der Waals surface area contributed by atoms with Gasteiger partial charge in [-0.2, -0.15) is 0 Å². The van der Waals surface area contributed by atoms with Crippen molar-refractivity contribution >= 4 is 11.6 Å². The molecule has 0 aromatic carbocycles. The summed E-state index contributed by atoms with van der Waals surface area (Å²) in [5, 5.41) is 0.248. The molecule has 0 aliphatic heterocycles. The van der Waals surface area contributed by atoms with E-state index in [1.807, 2.05) is 0 Å². The number of hydrogen-bond acceptors (Lipinski definition) is 1. The monoisotopic (exact) mass is 118 g/mol. The van der Waals surface area contributed by atoms with Crippen LogP contribution in [-0.4, -0.2) is 11.5 Å². The van der Waals surface area contributed by atoms with Gasteiger partial charge < -0.3 is 4.74 Å². The molecule has 7 heavy (non-hydrogen) atoms. The molecule has 1 aliphatic rings. The molecule has 0 aromatic rings. The number of halogens is 1. The molecule has 1 nitrogen and oxygen atoms in total. The van der Waals surface area contributed by atoms with Gasteiger partial charge in [0.05, 0.1) is 11.6 Å². The summed E-state index contributed by atoms with van der Waals surface area (Å²) < 4.78 is 4.90. The highest BCUT2D eigenvalue weighted by atomic mass is 35.5. The normalized spacial score (nSPS) is 37.3. The van der Waals surface area contributed by atoms with Gasteiger partial charge >= 0.3 is 0 Å². The van der Waals surface area contributed by atoms with Crippen LogP contribution in [0.1, 0.15) is 6.42 Å². The van der Waals surface area contributed by atoms with Crippen molar-refractivity contribution in [1.82, 2.24) is 0 Å². The van der Waals surface area contributed by atoms with Crippen molar-refractivity contribution in [3.63, 3.8) is 0 Å². The zero-order valence-electron chi connectivity index (χ0n) is 3.93. The van der Waals surface area contributed by atoms with E-state index in [1.54, 1.807) is 0 Å². The molecule has 40 valence electrons. The van der Waals surface area contributed by atoms with Crippen LogP contribution < -0.4 is 0 Å². The van der Waals surface area contributed by atoms with E-state index in [9.17, 15) is 0 Å². The Hall–Kier alpha value is -0.170. The van der Waals surface area contributed by atoms with Crippen LogP contribution in [0.25, 0.3) is 0 Å². The number of rotatable bonds is 2. The fraction of sp³-hybridized carbons (Fsp3) is 0.600.